The summed E-state index contributed by atoms with van der Waals surface area (Å²) in [5.74, 6) is -0.311. The third-order valence-electron chi connectivity index (χ3n) is 4.60. The van der Waals surface area contributed by atoms with Crippen LogP contribution in [0.15, 0.2) is 27.7 Å². The third kappa shape index (κ3) is 5.19. The van der Waals surface area contributed by atoms with Gasteiger partial charge in [-0.05, 0) is 56.2 Å². The van der Waals surface area contributed by atoms with E-state index in [0.717, 1.165) is 42.9 Å². The molecule has 0 fully saturated rings. The minimum atomic E-state index is -0.311. The summed E-state index contributed by atoms with van der Waals surface area (Å²) in [5, 5.41) is 9.10. The van der Waals surface area contributed by atoms with Crippen LogP contribution in [0.2, 0.25) is 0 Å². The third-order valence-corrected chi connectivity index (χ3v) is 6.40. The predicted octanol–water partition coefficient (Wildman–Crippen LogP) is 4.79. The Hall–Kier alpha value is -2.17. The Bertz CT molecular complexity index is 1150. The molecule has 2 aromatic heterocycles. The fraction of sp³-hybridized carbons (Fsp3) is 0.333. The van der Waals surface area contributed by atoms with Crippen LogP contribution in [0.5, 0.6) is 0 Å². The smallest absolute Gasteiger partial charge is 0.272 e. The standard InChI is InChI=1S/C21H25BrN6OS2/c1-10(2)31-18-15(9-23-19-16(18)13(5)27-28(19)6)20(29)25-26-21(30)24-17-11(3)7-14(22)8-12(17)4/h7-10H,1-6H3,(H,25,29)(H2,24,26,30). The number of hydrogen-bond donors (Lipinski definition) is 3. The summed E-state index contributed by atoms with van der Waals surface area (Å²) < 4.78 is 2.74. The van der Waals surface area contributed by atoms with Crippen molar-refractivity contribution < 1.29 is 4.79 Å². The number of amides is 1. The summed E-state index contributed by atoms with van der Waals surface area (Å²) >= 11 is 10.5. The van der Waals surface area contributed by atoms with E-state index in [4.69, 9.17) is 12.2 Å². The molecule has 3 rings (SSSR count). The van der Waals surface area contributed by atoms with Crippen LogP contribution < -0.4 is 16.2 Å². The van der Waals surface area contributed by atoms with Crippen LogP contribution in [0, 0.1) is 20.8 Å². The van der Waals surface area contributed by atoms with Crippen molar-refractivity contribution in [2.45, 2.75) is 44.8 Å². The highest BCUT2D eigenvalue weighted by Crippen LogP contribution is 2.34. The van der Waals surface area contributed by atoms with E-state index < -0.39 is 0 Å². The molecular formula is C21H25BrN6OS2. The molecule has 164 valence electrons. The fourth-order valence-corrected chi connectivity index (χ4v) is 5.27. The Morgan fingerprint density at radius 1 is 1.19 bits per heavy atom. The number of thioether (sulfide) groups is 1. The number of hydrazine groups is 1. The molecule has 3 N–H and O–H groups in total. The van der Waals surface area contributed by atoms with E-state index >= 15 is 0 Å². The molecule has 0 spiro atoms. The average molecular weight is 522 g/mol. The lowest BCUT2D eigenvalue weighted by Crippen LogP contribution is -2.44. The van der Waals surface area contributed by atoms with Gasteiger partial charge in [-0.15, -0.1) is 11.8 Å². The molecule has 31 heavy (non-hydrogen) atoms. The molecule has 3 aromatic rings. The summed E-state index contributed by atoms with van der Waals surface area (Å²) in [5.41, 5.74) is 10.6. The van der Waals surface area contributed by atoms with Gasteiger partial charge in [-0.25, -0.2) is 4.98 Å². The maximum absolute atomic E-state index is 13.0. The Labute approximate surface area is 199 Å². The summed E-state index contributed by atoms with van der Waals surface area (Å²) in [6, 6.07) is 4.01. The number of aryl methyl sites for hydroxylation is 4. The van der Waals surface area contributed by atoms with Crippen molar-refractivity contribution in [2.24, 2.45) is 7.05 Å². The van der Waals surface area contributed by atoms with Gasteiger partial charge in [0.2, 0.25) is 0 Å². The molecule has 1 amide bonds. The lowest BCUT2D eigenvalue weighted by Gasteiger charge is -2.17. The fourth-order valence-electron chi connectivity index (χ4n) is 3.33. The monoisotopic (exact) mass is 520 g/mol. The van der Waals surface area contributed by atoms with Crippen LogP contribution in [0.1, 0.15) is 41.0 Å². The number of fused-ring (bicyclic) bond motifs is 1. The number of thiocarbonyl (C=S) groups is 1. The van der Waals surface area contributed by atoms with E-state index in [1.165, 1.54) is 0 Å². The second kappa shape index (κ2) is 9.54. The number of anilines is 1. The van der Waals surface area contributed by atoms with E-state index in [-0.39, 0.29) is 11.2 Å². The van der Waals surface area contributed by atoms with Crippen LogP contribution in [0.3, 0.4) is 0 Å². The zero-order valence-electron chi connectivity index (χ0n) is 18.3. The topological polar surface area (TPSA) is 83.9 Å². The minimum Gasteiger partial charge on any atom is -0.331 e. The molecule has 0 bridgehead atoms. The van der Waals surface area contributed by atoms with Crippen molar-refractivity contribution >= 4 is 67.7 Å². The van der Waals surface area contributed by atoms with Gasteiger partial charge in [0.1, 0.15) is 0 Å². The number of nitrogens with one attached hydrogen (secondary N) is 3. The lowest BCUT2D eigenvalue weighted by molar-refractivity contribution is 0.0941. The number of hydrogen-bond acceptors (Lipinski definition) is 5. The van der Waals surface area contributed by atoms with Gasteiger partial charge in [0.25, 0.3) is 5.91 Å². The first-order chi connectivity index (χ1) is 14.6. The Morgan fingerprint density at radius 3 is 2.45 bits per heavy atom. The van der Waals surface area contributed by atoms with E-state index in [0.29, 0.717) is 10.7 Å². The number of carbonyl (C=O) groups is 1. The quantitative estimate of drug-likeness (QED) is 0.259. The summed E-state index contributed by atoms with van der Waals surface area (Å²) in [6.07, 6.45) is 1.59. The van der Waals surface area contributed by atoms with Gasteiger partial charge in [0.15, 0.2) is 10.8 Å². The van der Waals surface area contributed by atoms with Crippen molar-refractivity contribution in [1.29, 1.82) is 0 Å². The maximum Gasteiger partial charge on any atom is 0.272 e. The zero-order valence-corrected chi connectivity index (χ0v) is 21.5. The van der Waals surface area contributed by atoms with Crippen molar-refractivity contribution in [3.63, 3.8) is 0 Å². The number of carbonyl (C=O) groups excluding carboxylic acids is 1. The zero-order chi connectivity index (χ0) is 22.9. The van der Waals surface area contributed by atoms with Gasteiger partial charge in [-0.1, -0.05) is 29.8 Å². The van der Waals surface area contributed by atoms with E-state index in [1.807, 2.05) is 40.0 Å². The molecule has 1 aromatic carbocycles. The SMILES string of the molecule is Cc1cc(Br)cc(C)c1NC(=S)NNC(=O)c1cnc2c(c(C)nn2C)c1SC(C)C. The van der Waals surface area contributed by atoms with Gasteiger partial charge in [-0.3, -0.25) is 20.3 Å². The molecule has 10 heteroatoms. The molecular weight excluding hydrogens is 496 g/mol. The van der Waals surface area contributed by atoms with Crippen molar-refractivity contribution in [3.8, 4) is 0 Å². The van der Waals surface area contributed by atoms with Gasteiger partial charge in [0.05, 0.1) is 16.6 Å². The van der Waals surface area contributed by atoms with Crippen molar-refractivity contribution in [1.82, 2.24) is 25.6 Å². The highest BCUT2D eigenvalue weighted by atomic mass is 79.9. The second-order valence-corrected chi connectivity index (χ2v) is 10.4. The molecule has 0 unspecified atom stereocenters. The van der Waals surface area contributed by atoms with E-state index in [9.17, 15) is 4.79 Å². The highest BCUT2D eigenvalue weighted by Gasteiger charge is 2.21. The molecule has 0 aliphatic rings. The van der Waals surface area contributed by atoms with E-state index in [2.05, 4.69) is 56.0 Å². The number of benzene rings is 1. The molecule has 2 heterocycles. The van der Waals surface area contributed by atoms with Crippen LogP contribution in [0.25, 0.3) is 11.0 Å². The Kier molecular flexibility index (Phi) is 7.23. The van der Waals surface area contributed by atoms with Gasteiger partial charge in [-0.2, -0.15) is 5.10 Å². The average Bonchev–Trinajstić information content (AvgIpc) is 2.96. The van der Waals surface area contributed by atoms with Crippen LogP contribution >= 0.6 is 39.9 Å². The summed E-state index contributed by atoms with van der Waals surface area (Å²) in [4.78, 5) is 18.3. The predicted molar refractivity (Wildman–Crippen MR) is 135 cm³/mol. The van der Waals surface area contributed by atoms with Crippen molar-refractivity contribution in [2.75, 3.05) is 5.32 Å². The molecule has 0 aliphatic heterocycles. The minimum absolute atomic E-state index is 0.288. The number of halogens is 1. The van der Waals surface area contributed by atoms with Gasteiger partial charge in [0, 0.05) is 33.6 Å². The van der Waals surface area contributed by atoms with E-state index in [1.54, 1.807) is 22.6 Å². The first-order valence-corrected chi connectivity index (χ1v) is 11.8. The van der Waals surface area contributed by atoms with Crippen molar-refractivity contribution in [3.05, 3.63) is 45.2 Å². The molecule has 0 saturated heterocycles. The molecule has 0 atom stereocenters. The number of nitrogens with zero attached hydrogens (tertiary/aromatic N) is 3. The van der Waals surface area contributed by atoms with Crippen LogP contribution in [-0.2, 0) is 7.05 Å². The Morgan fingerprint density at radius 2 is 1.84 bits per heavy atom. The molecule has 0 aliphatic carbocycles. The molecule has 7 nitrogen and oxygen atoms in total. The summed E-state index contributed by atoms with van der Waals surface area (Å²) in [7, 11) is 1.85. The largest absolute Gasteiger partial charge is 0.331 e. The number of pyridine rings is 1. The normalized spacial score (nSPS) is 11.1. The molecule has 0 radical (unpaired) electrons. The van der Waals surface area contributed by atoms with Gasteiger partial charge < -0.3 is 5.32 Å². The van der Waals surface area contributed by atoms with Gasteiger partial charge >= 0.3 is 0 Å². The first kappa shape index (κ1) is 23.5. The maximum atomic E-state index is 13.0. The highest BCUT2D eigenvalue weighted by molar-refractivity contribution is 9.10. The van der Waals surface area contributed by atoms with Crippen LogP contribution in [0.4, 0.5) is 5.69 Å². The number of rotatable bonds is 4. The second-order valence-electron chi connectivity index (χ2n) is 7.52. The summed E-state index contributed by atoms with van der Waals surface area (Å²) in [6.45, 7) is 10.1. The van der Waals surface area contributed by atoms with Crippen LogP contribution in [-0.4, -0.2) is 31.0 Å². The first-order valence-electron chi connectivity index (χ1n) is 9.71. The lowest BCUT2D eigenvalue weighted by atomic mass is 10.1. The molecule has 0 saturated carbocycles. The Balaban J connectivity index is 1.80. The number of aromatic nitrogens is 3.